The Morgan fingerprint density at radius 3 is 2.42 bits per heavy atom. The second-order valence-electron chi connectivity index (χ2n) is 7.73. The van der Waals surface area contributed by atoms with Crippen molar-refractivity contribution in [2.75, 3.05) is 12.4 Å². The first-order valence-corrected chi connectivity index (χ1v) is 10.5. The standard InChI is InChI=1S/C17H15N7O2.C5H10/c1-26-17-16(13(25)4-11(21-17)9-2-3-9)12-5-14(24-23-12)22-15-8-19-10(6-18)7-20-15;1-2-4-5-3-1/h4-5,7-9H,2-3H2,1H3,(H,21,25)(H2,20,22,23,24);1-5H2. The zero-order valence-corrected chi connectivity index (χ0v) is 17.4. The van der Waals surface area contributed by atoms with Crippen molar-refractivity contribution in [1.29, 1.82) is 5.26 Å². The molecule has 0 bridgehead atoms. The van der Waals surface area contributed by atoms with Gasteiger partial charge < -0.3 is 15.0 Å². The number of anilines is 2. The van der Waals surface area contributed by atoms with Crippen molar-refractivity contribution in [2.24, 2.45) is 0 Å². The largest absolute Gasteiger partial charge is 0.482 e. The third kappa shape index (κ3) is 5.09. The summed E-state index contributed by atoms with van der Waals surface area (Å²) in [7, 11) is 1.52. The number of pyridine rings is 1. The number of hydrogen-bond acceptors (Lipinski definition) is 7. The maximum absolute atomic E-state index is 12.6. The summed E-state index contributed by atoms with van der Waals surface area (Å²) in [4.78, 5) is 23.8. The molecule has 3 heterocycles. The molecule has 3 aromatic heterocycles. The van der Waals surface area contributed by atoms with Crippen molar-refractivity contribution in [2.45, 2.75) is 50.9 Å². The number of hydrogen-bond donors (Lipinski definition) is 3. The van der Waals surface area contributed by atoms with Gasteiger partial charge in [0, 0.05) is 17.8 Å². The van der Waals surface area contributed by atoms with Gasteiger partial charge in [0.15, 0.2) is 16.9 Å². The maximum Gasteiger partial charge on any atom is 0.204 e. The van der Waals surface area contributed by atoms with Crippen LogP contribution in [0.2, 0.25) is 0 Å². The molecule has 0 unspecified atom stereocenters. The van der Waals surface area contributed by atoms with E-state index in [1.165, 1.54) is 51.6 Å². The first-order valence-electron chi connectivity index (χ1n) is 10.5. The van der Waals surface area contributed by atoms with Gasteiger partial charge in [-0.25, -0.2) is 9.97 Å². The van der Waals surface area contributed by atoms with Gasteiger partial charge >= 0.3 is 0 Å². The zero-order valence-electron chi connectivity index (χ0n) is 17.4. The van der Waals surface area contributed by atoms with E-state index in [-0.39, 0.29) is 11.1 Å². The minimum absolute atomic E-state index is 0.129. The second-order valence-corrected chi connectivity index (χ2v) is 7.73. The molecular formula is C22H25N7O2. The van der Waals surface area contributed by atoms with Crippen LogP contribution in [0.1, 0.15) is 62.3 Å². The highest BCUT2D eigenvalue weighted by molar-refractivity contribution is 5.69. The van der Waals surface area contributed by atoms with Crippen molar-refractivity contribution in [3.8, 4) is 23.2 Å². The molecule has 9 heteroatoms. The van der Waals surface area contributed by atoms with Crippen LogP contribution in [-0.4, -0.2) is 32.3 Å². The molecule has 0 radical (unpaired) electrons. The number of nitriles is 1. The molecule has 9 nitrogen and oxygen atoms in total. The first-order chi connectivity index (χ1) is 15.2. The van der Waals surface area contributed by atoms with E-state index < -0.39 is 0 Å². The van der Waals surface area contributed by atoms with Crippen LogP contribution in [0.25, 0.3) is 11.3 Å². The molecule has 5 rings (SSSR count). The van der Waals surface area contributed by atoms with Crippen LogP contribution in [0, 0.1) is 11.3 Å². The summed E-state index contributed by atoms with van der Waals surface area (Å²) in [5, 5.41) is 18.7. The lowest BCUT2D eigenvalue weighted by molar-refractivity contribution is 0.397. The van der Waals surface area contributed by atoms with Crippen LogP contribution in [0.4, 0.5) is 11.6 Å². The van der Waals surface area contributed by atoms with Gasteiger partial charge in [-0.3, -0.25) is 9.89 Å². The lowest BCUT2D eigenvalue weighted by atomic mass is 10.1. The highest BCUT2D eigenvalue weighted by Crippen LogP contribution is 2.40. The Labute approximate surface area is 179 Å². The van der Waals surface area contributed by atoms with Crippen LogP contribution < -0.4 is 15.5 Å². The average Bonchev–Trinajstić information content (AvgIpc) is 3.25. The molecule has 160 valence electrons. The van der Waals surface area contributed by atoms with Crippen LogP contribution in [0.3, 0.4) is 0 Å². The molecule has 31 heavy (non-hydrogen) atoms. The van der Waals surface area contributed by atoms with Gasteiger partial charge in [-0.1, -0.05) is 32.1 Å². The normalized spacial score (nSPS) is 15.0. The number of aromatic amines is 2. The summed E-state index contributed by atoms with van der Waals surface area (Å²) in [6, 6.07) is 5.21. The van der Waals surface area contributed by atoms with Crippen LogP contribution in [0.15, 0.2) is 29.3 Å². The van der Waals surface area contributed by atoms with Gasteiger partial charge in [0.2, 0.25) is 5.88 Å². The van der Waals surface area contributed by atoms with Crippen LogP contribution in [-0.2, 0) is 0 Å². The predicted octanol–water partition coefficient (Wildman–Crippen LogP) is 4.01. The molecule has 2 saturated carbocycles. The quantitative estimate of drug-likeness (QED) is 0.569. The Morgan fingerprint density at radius 2 is 1.84 bits per heavy atom. The summed E-state index contributed by atoms with van der Waals surface area (Å²) in [6.45, 7) is 0. The molecule has 0 aliphatic heterocycles. The summed E-state index contributed by atoms with van der Waals surface area (Å²) < 4.78 is 5.38. The highest BCUT2D eigenvalue weighted by Gasteiger charge is 2.27. The Hall–Kier alpha value is -3.67. The van der Waals surface area contributed by atoms with Gasteiger partial charge in [0.1, 0.15) is 17.5 Å². The van der Waals surface area contributed by atoms with Crippen molar-refractivity contribution in [3.63, 3.8) is 0 Å². The minimum Gasteiger partial charge on any atom is -0.482 e. The summed E-state index contributed by atoms with van der Waals surface area (Å²) in [5.41, 5.74) is 1.92. The fourth-order valence-corrected chi connectivity index (χ4v) is 3.56. The molecule has 0 aromatic carbocycles. The van der Waals surface area contributed by atoms with E-state index in [1.807, 2.05) is 6.07 Å². The highest BCUT2D eigenvalue weighted by atomic mass is 16.5. The number of methoxy groups -OCH3 is 1. The van der Waals surface area contributed by atoms with E-state index in [2.05, 4.69) is 30.5 Å². The molecule has 0 saturated heterocycles. The Kier molecular flexibility index (Phi) is 6.26. The topological polar surface area (TPSA) is 132 Å². The molecule has 0 amide bonds. The summed E-state index contributed by atoms with van der Waals surface area (Å²) in [6.07, 6.45) is 12.5. The zero-order chi connectivity index (χ0) is 21.6. The van der Waals surface area contributed by atoms with Crippen molar-refractivity contribution < 1.29 is 4.74 Å². The molecule has 0 atom stereocenters. The molecule has 2 fully saturated rings. The number of aromatic nitrogens is 5. The third-order valence-electron chi connectivity index (χ3n) is 5.36. The summed E-state index contributed by atoms with van der Waals surface area (Å²) >= 11 is 0. The maximum atomic E-state index is 12.6. The summed E-state index contributed by atoms with van der Waals surface area (Å²) in [5.74, 6) is 1.73. The van der Waals surface area contributed by atoms with Crippen molar-refractivity contribution in [1.82, 2.24) is 25.1 Å². The monoisotopic (exact) mass is 419 g/mol. The van der Waals surface area contributed by atoms with Crippen molar-refractivity contribution in [3.05, 3.63) is 46.1 Å². The van der Waals surface area contributed by atoms with Crippen LogP contribution in [0.5, 0.6) is 5.88 Å². The van der Waals surface area contributed by atoms with Crippen molar-refractivity contribution >= 4 is 11.6 Å². The average molecular weight is 419 g/mol. The number of nitrogens with zero attached hydrogens (tertiary/aromatic N) is 4. The SMILES string of the molecule is C1CCCC1.COc1[nH]c(C2CC2)cc(=O)c1-c1cc(Nc2cnc(C#N)cn2)n[nH]1. The van der Waals surface area contributed by atoms with Gasteiger partial charge in [0.05, 0.1) is 25.2 Å². The molecular weight excluding hydrogens is 394 g/mol. The van der Waals surface area contributed by atoms with Gasteiger partial charge in [-0.05, 0) is 18.8 Å². The third-order valence-corrected chi connectivity index (χ3v) is 5.36. The molecule has 0 spiro atoms. The predicted molar refractivity (Wildman–Crippen MR) is 116 cm³/mol. The number of ether oxygens (including phenoxy) is 1. The van der Waals surface area contributed by atoms with E-state index in [4.69, 9.17) is 10.00 Å². The minimum atomic E-state index is -0.129. The van der Waals surface area contributed by atoms with Gasteiger partial charge in [-0.2, -0.15) is 10.4 Å². The Morgan fingerprint density at radius 1 is 1.10 bits per heavy atom. The fourth-order valence-electron chi connectivity index (χ4n) is 3.56. The lowest BCUT2D eigenvalue weighted by Gasteiger charge is -2.08. The fraction of sp³-hybridized carbons (Fsp3) is 0.409. The van der Waals surface area contributed by atoms with Gasteiger partial charge in [-0.15, -0.1) is 0 Å². The van der Waals surface area contributed by atoms with E-state index in [1.54, 1.807) is 12.1 Å². The smallest absolute Gasteiger partial charge is 0.204 e. The lowest BCUT2D eigenvalue weighted by Crippen LogP contribution is -2.10. The second kappa shape index (κ2) is 9.43. The van der Waals surface area contributed by atoms with Crippen LogP contribution >= 0.6 is 0 Å². The number of nitrogens with one attached hydrogen (secondary N) is 3. The van der Waals surface area contributed by atoms with E-state index in [9.17, 15) is 4.79 Å². The molecule has 2 aliphatic carbocycles. The molecule has 2 aliphatic rings. The van der Waals surface area contributed by atoms with E-state index in [0.717, 1.165) is 18.5 Å². The molecule has 3 N–H and O–H groups in total. The number of H-pyrrole nitrogens is 2. The molecule has 3 aromatic rings. The number of rotatable bonds is 5. The Bertz CT molecular complexity index is 1110. The first kappa shape index (κ1) is 20.6. The van der Waals surface area contributed by atoms with Gasteiger partial charge in [0.25, 0.3) is 0 Å². The van der Waals surface area contributed by atoms with E-state index in [0.29, 0.717) is 34.7 Å². The Balaban J connectivity index is 0.000000407. The van der Waals surface area contributed by atoms with E-state index >= 15 is 0 Å².